The van der Waals surface area contributed by atoms with Crippen molar-refractivity contribution in [3.8, 4) is 5.06 Å². The van der Waals surface area contributed by atoms with Gasteiger partial charge in [-0.3, -0.25) is 0 Å². The molecule has 5 nitrogen and oxygen atoms in total. The molecular formula is C8H12N2O3S. The first-order chi connectivity index (χ1) is 6.50. The predicted molar refractivity (Wildman–Crippen MR) is 54.3 cm³/mol. The average molecular weight is 216 g/mol. The number of aromatic nitrogens is 1. The number of carbonyl (C=O) groups is 1. The van der Waals surface area contributed by atoms with Gasteiger partial charge in [0.15, 0.2) is 16.8 Å². The van der Waals surface area contributed by atoms with Gasteiger partial charge in [0.25, 0.3) is 0 Å². The zero-order chi connectivity index (χ0) is 10.7. The van der Waals surface area contributed by atoms with Crippen LogP contribution in [-0.2, 0) is 4.79 Å². The molecule has 1 aromatic heterocycles. The fraction of sp³-hybridized carbons (Fsp3) is 0.500. The van der Waals surface area contributed by atoms with Crippen LogP contribution in [0.3, 0.4) is 0 Å². The van der Waals surface area contributed by atoms with Crippen LogP contribution >= 0.6 is 11.3 Å². The van der Waals surface area contributed by atoms with Crippen molar-refractivity contribution >= 4 is 22.4 Å². The molecule has 1 heterocycles. The average Bonchev–Trinajstić information content (AvgIpc) is 2.43. The van der Waals surface area contributed by atoms with Crippen LogP contribution in [0.4, 0.5) is 5.13 Å². The molecule has 0 fully saturated rings. The molecule has 78 valence electrons. The first-order valence-corrected chi connectivity index (χ1v) is 4.81. The van der Waals surface area contributed by atoms with E-state index in [-0.39, 0.29) is 6.61 Å². The number of hydrogen-bond acceptors (Lipinski definition) is 5. The summed E-state index contributed by atoms with van der Waals surface area (Å²) in [7, 11) is 3.75. The normalized spacial score (nSPS) is 9.93. The van der Waals surface area contributed by atoms with Gasteiger partial charge in [-0.25, -0.2) is 9.78 Å². The van der Waals surface area contributed by atoms with Crippen molar-refractivity contribution < 1.29 is 14.6 Å². The monoisotopic (exact) mass is 216 g/mol. The minimum absolute atomic E-state index is 0.324. The second-order valence-corrected chi connectivity index (χ2v) is 3.89. The maximum absolute atomic E-state index is 10.3. The molecule has 0 unspecified atom stereocenters. The number of rotatable bonds is 4. The lowest BCUT2D eigenvalue weighted by Gasteiger charge is -2.04. The number of carboxylic acids is 1. The first kappa shape index (κ1) is 10.8. The van der Waals surface area contributed by atoms with Crippen molar-refractivity contribution in [3.05, 3.63) is 5.69 Å². The van der Waals surface area contributed by atoms with E-state index in [1.54, 1.807) is 6.92 Å². The first-order valence-electron chi connectivity index (χ1n) is 4.00. The minimum Gasteiger partial charge on any atom is -0.479 e. The fourth-order valence-electron chi connectivity index (χ4n) is 0.821. The highest BCUT2D eigenvalue weighted by Gasteiger charge is 2.11. The molecule has 1 aromatic rings. The molecule has 0 aromatic carbocycles. The number of ether oxygens (including phenoxy) is 1. The van der Waals surface area contributed by atoms with Crippen LogP contribution in [0, 0.1) is 6.92 Å². The summed E-state index contributed by atoms with van der Waals surface area (Å²) in [6.45, 7) is 1.47. The van der Waals surface area contributed by atoms with Gasteiger partial charge < -0.3 is 14.7 Å². The SMILES string of the molecule is Cc1nc(N(C)C)sc1OCC(=O)O. The Kier molecular flexibility index (Phi) is 3.29. The van der Waals surface area contributed by atoms with E-state index in [0.717, 1.165) is 10.8 Å². The van der Waals surface area contributed by atoms with E-state index in [1.807, 2.05) is 19.0 Å². The molecule has 0 saturated carbocycles. The van der Waals surface area contributed by atoms with Crippen LogP contribution in [0.25, 0.3) is 0 Å². The molecule has 0 atom stereocenters. The van der Waals surface area contributed by atoms with E-state index >= 15 is 0 Å². The maximum Gasteiger partial charge on any atom is 0.341 e. The number of aliphatic carboxylic acids is 1. The highest BCUT2D eigenvalue weighted by atomic mass is 32.1. The summed E-state index contributed by atoms with van der Waals surface area (Å²) in [5.41, 5.74) is 0.722. The second kappa shape index (κ2) is 4.28. The van der Waals surface area contributed by atoms with Gasteiger partial charge in [0, 0.05) is 14.1 Å². The fourth-order valence-corrected chi connectivity index (χ4v) is 1.66. The summed E-state index contributed by atoms with van der Waals surface area (Å²) in [6, 6.07) is 0. The molecule has 0 bridgehead atoms. The van der Waals surface area contributed by atoms with Crippen LogP contribution in [0.5, 0.6) is 5.06 Å². The number of carboxylic acid groups (broad SMARTS) is 1. The third kappa shape index (κ3) is 2.59. The van der Waals surface area contributed by atoms with Gasteiger partial charge in [0.1, 0.15) is 0 Å². The van der Waals surface area contributed by atoms with Crippen LogP contribution in [0.15, 0.2) is 0 Å². The van der Waals surface area contributed by atoms with E-state index < -0.39 is 5.97 Å². The largest absolute Gasteiger partial charge is 0.479 e. The molecule has 0 spiro atoms. The van der Waals surface area contributed by atoms with Crippen LogP contribution in [0.2, 0.25) is 0 Å². The minimum atomic E-state index is -0.982. The lowest BCUT2D eigenvalue weighted by atomic mass is 10.5. The maximum atomic E-state index is 10.3. The topological polar surface area (TPSA) is 62.7 Å². The van der Waals surface area contributed by atoms with Gasteiger partial charge >= 0.3 is 5.97 Å². The Morgan fingerprint density at radius 1 is 1.64 bits per heavy atom. The highest BCUT2D eigenvalue weighted by molar-refractivity contribution is 7.17. The van der Waals surface area contributed by atoms with E-state index in [9.17, 15) is 4.79 Å². The molecule has 0 aliphatic carbocycles. The van der Waals surface area contributed by atoms with Gasteiger partial charge in [-0.1, -0.05) is 11.3 Å². The van der Waals surface area contributed by atoms with Crippen molar-refractivity contribution in [1.82, 2.24) is 4.98 Å². The van der Waals surface area contributed by atoms with Crippen LogP contribution in [0.1, 0.15) is 5.69 Å². The van der Waals surface area contributed by atoms with E-state index in [0.29, 0.717) is 5.06 Å². The van der Waals surface area contributed by atoms with Crippen LogP contribution in [-0.4, -0.2) is 36.8 Å². The lowest BCUT2D eigenvalue weighted by Crippen LogP contribution is -2.09. The number of hydrogen-bond donors (Lipinski definition) is 1. The van der Waals surface area contributed by atoms with Crippen molar-refractivity contribution in [2.75, 3.05) is 25.6 Å². The van der Waals surface area contributed by atoms with Gasteiger partial charge in [0.05, 0.1) is 5.69 Å². The Morgan fingerprint density at radius 2 is 2.29 bits per heavy atom. The zero-order valence-corrected chi connectivity index (χ0v) is 9.09. The Bertz CT molecular complexity index is 335. The van der Waals surface area contributed by atoms with Crippen molar-refractivity contribution in [1.29, 1.82) is 0 Å². The Balaban J connectivity index is 2.72. The molecule has 14 heavy (non-hydrogen) atoms. The summed E-state index contributed by atoms with van der Waals surface area (Å²) >= 11 is 1.34. The third-order valence-corrected chi connectivity index (χ3v) is 2.69. The molecule has 0 radical (unpaired) electrons. The molecule has 0 aliphatic rings. The Labute approximate surface area is 85.9 Å². The number of thiazole rings is 1. The van der Waals surface area contributed by atoms with E-state index in [2.05, 4.69) is 4.98 Å². The smallest absolute Gasteiger partial charge is 0.341 e. The molecule has 6 heteroatoms. The Hall–Kier alpha value is -1.30. The van der Waals surface area contributed by atoms with Crippen molar-refractivity contribution in [3.63, 3.8) is 0 Å². The van der Waals surface area contributed by atoms with E-state index in [4.69, 9.17) is 9.84 Å². The molecule has 0 amide bonds. The number of nitrogens with zero attached hydrogens (tertiary/aromatic N) is 2. The summed E-state index contributed by atoms with van der Waals surface area (Å²) < 4.78 is 5.06. The quantitative estimate of drug-likeness (QED) is 0.812. The molecule has 0 saturated heterocycles. The third-order valence-electron chi connectivity index (χ3n) is 1.45. The molecular weight excluding hydrogens is 204 g/mol. The van der Waals surface area contributed by atoms with Gasteiger partial charge in [-0.2, -0.15) is 0 Å². The van der Waals surface area contributed by atoms with Crippen molar-refractivity contribution in [2.24, 2.45) is 0 Å². The molecule has 0 aliphatic heterocycles. The number of anilines is 1. The summed E-state index contributed by atoms with van der Waals surface area (Å²) in [4.78, 5) is 16.3. The Morgan fingerprint density at radius 3 is 2.71 bits per heavy atom. The van der Waals surface area contributed by atoms with Gasteiger partial charge in [-0.05, 0) is 6.92 Å². The molecule has 1 N–H and O–H groups in total. The van der Waals surface area contributed by atoms with Gasteiger partial charge in [0.2, 0.25) is 0 Å². The second-order valence-electron chi connectivity index (χ2n) is 2.95. The van der Waals surface area contributed by atoms with Crippen molar-refractivity contribution in [2.45, 2.75) is 6.92 Å². The van der Waals surface area contributed by atoms with E-state index in [1.165, 1.54) is 11.3 Å². The summed E-state index contributed by atoms with van der Waals surface area (Å²) in [6.07, 6.45) is 0. The lowest BCUT2D eigenvalue weighted by molar-refractivity contribution is -0.139. The summed E-state index contributed by atoms with van der Waals surface area (Å²) in [5, 5.41) is 9.80. The highest BCUT2D eigenvalue weighted by Crippen LogP contribution is 2.31. The number of aryl methyl sites for hydroxylation is 1. The van der Waals surface area contributed by atoms with Crippen LogP contribution < -0.4 is 9.64 Å². The predicted octanol–water partition coefficient (Wildman–Crippen LogP) is 0.981. The molecule has 1 rings (SSSR count). The zero-order valence-electron chi connectivity index (χ0n) is 8.27. The standard InChI is InChI=1S/C8H12N2O3S/c1-5-7(13-4-6(11)12)14-8(9-5)10(2)3/h4H2,1-3H3,(H,11,12). The van der Waals surface area contributed by atoms with Gasteiger partial charge in [-0.15, -0.1) is 0 Å². The summed E-state index contributed by atoms with van der Waals surface area (Å²) in [5.74, 6) is -0.982.